The number of rotatable bonds is 30. The van der Waals surface area contributed by atoms with Crippen molar-refractivity contribution in [3.05, 3.63) is 159 Å². The Kier molecular flexibility index (Phi) is 35.7. The Morgan fingerprint density at radius 1 is 0.393 bits per heavy atom. The van der Waals surface area contributed by atoms with Crippen LogP contribution in [0.5, 0.6) is 17.2 Å². The molecule has 0 unspecified atom stereocenters. The predicted octanol–water partition coefficient (Wildman–Crippen LogP) is 10.4. The lowest BCUT2D eigenvalue weighted by atomic mass is 10.0. The molecule has 3 fully saturated rings. The van der Waals surface area contributed by atoms with Crippen LogP contribution in [0.15, 0.2) is 124 Å². The highest BCUT2D eigenvalue weighted by atomic mass is 32.2. The molecule has 0 bridgehead atoms. The normalized spacial score (nSPS) is 14.7. The van der Waals surface area contributed by atoms with Gasteiger partial charge in [-0.05, 0) is 252 Å². The van der Waals surface area contributed by atoms with Gasteiger partial charge in [-0.2, -0.15) is 0 Å². The minimum Gasteiger partial charge on any atom is -0.497 e. The summed E-state index contributed by atoms with van der Waals surface area (Å²) in [6.07, 6.45) is 7.17. The van der Waals surface area contributed by atoms with Crippen LogP contribution in [0.25, 0.3) is 0 Å². The van der Waals surface area contributed by atoms with E-state index in [1.165, 1.54) is 85.4 Å². The molecule has 3 aliphatic rings. The van der Waals surface area contributed by atoms with Crippen molar-refractivity contribution in [1.82, 2.24) is 42.7 Å². The molecule has 6 aromatic carbocycles. The zero-order chi connectivity index (χ0) is 83.1. The number of methoxy groups -OCH3 is 3. The van der Waals surface area contributed by atoms with Crippen LogP contribution in [0.4, 0.5) is 17.1 Å². The quantitative estimate of drug-likeness (QED) is 0.0425. The third-order valence-electron chi connectivity index (χ3n) is 21.5. The number of benzene rings is 6. The molecule has 2 N–H and O–H groups in total. The molecular formula is C84H128N12O13S3. The molecule has 9 rings (SSSR count). The molecule has 6 aromatic rings. The maximum absolute atomic E-state index is 13.2. The zero-order valence-electron chi connectivity index (χ0n) is 70.5. The fraction of sp³-hybridized carbons (Fsp3) is 0.536. The van der Waals surface area contributed by atoms with Crippen LogP contribution >= 0.6 is 0 Å². The lowest BCUT2D eigenvalue weighted by Crippen LogP contribution is -2.41. The van der Waals surface area contributed by atoms with Gasteiger partial charge in [0.05, 0.1) is 42.4 Å². The van der Waals surface area contributed by atoms with Gasteiger partial charge in [-0.1, -0.05) is 36.4 Å². The number of hydrogen-bond donors (Lipinski definition) is 2. The van der Waals surface area contributed by atoms with Crippen LogP contribution in [0, 0.1) is 41.5 Å². The Morgan fingerprint density at radius 2 is 0.625 bits per heavy atom. The first-order valence-electron chi connectivity index (χ1n) is 38.5. The summed E-state index contributed by atoms with van der Waals surface area (Å²) in [5, 5.41) is 11.8. The Morgan fingerprint density at radius 3 is 0.839 bits per heavy atom. The van der Waals surface area contributed by atoms with Gasteiger partial charge in [-0.15, -0.1) is 0 Å². The summed E-state index contributed by atoms with van der Waals surface area (Å²) < 4.78 is 97.0. The van der Waals surface area contributed by atoms with E-state index >= 15 is 0 Å². The summed E-state index contributed by atoms with van der Waals surface area (Å²) in [4.78, 5) is 54.5. The molecule has 0 aromatic heterocycles. The summed E-state index contributed by atoms with van der Waals surface area (Å²) in [6, 6.07) is 37.9. The van der Waals surface area contributed by atoms with Gasteiger partial charge in [-0.3, -0.25) is 14.4 Å². The van der Waals surface area contributed by atoms with Crippen LogP contribution in [-0.4, -0.2) is 268 Å². The summed E-state index contributed by atoms with van der Waals surface area (Å²) in [7, 11) is 16.3. The minimum absolute atomic E-state index is 0.0669. The highest BCUT2D eigenvalue weighted by molar-refractivity contribution is 7.89. The number of aryl methyl sites for hydroxylation is 6. The summed E-state index contributed by atoms with van der Waals surface area (Å²) in [6.45, 7) is 19.0. The third-order valence-corrected chi connectivity index (χ3v) is 28.0. The molecule has 0 atom stereocenters. The van der Waals surface area contributed by atoms with Crippen molar-refractivity contribution in [1.29, 1.82) is 0 Å². The lowest BCUT2D eigenvalue weighted by molar-refractivity contribution is -0.137. The van der Waals surface area contributed by atoms with Crippen molar-refractivity contribution in [2.24, 2.45) is 0 Å². The first-order valence-corrected chi connectivity index (χ1v) is 42.8. The molecule has 3 aliphatic heterocycles. The van der Waals surface area contributed by atoms with E-state index in [0.29, 0.717) is 75.8 Å². The van der Waals surface area contributed by atoms with Crippen molar-refractivity contribution in [2.45, 2.75) is 152 Å². The van der Waals surface area contributed by atoms with Gasteiger partial charge >= 0.3 is 5.97 Å². The fourth-order valence-corrected chi connectivity index (χ4v) is 19.3. The van der Waals surface area contributed by atoms with E-state index in [1.54, 1.807) is 116 Å². The Balaban J connectivity index is 0.000000244. The van der Waals surface area contributed by atoms with Crippen molar-refractivity contribution < 1.29 is 59.0 Å². The van der Waals surface area contributed by atoms with E-state index in [0.717, 1.165) is 79.9 Å². The Bertz CT molecular complexity index is 4120. The van der Waals surface area contributed by atoms with E-state index in [9.17, 15) is 39.6 Å². The number of carbonyl (C=O) groups is 3. The minimum atomic E-state index is -3.73. The summed E-state index contributed by atoms with van der Waals surface area (Å²) in [5.74, 6) is 0.605. The molecule has 112 heavy (non-hydrogen) atoms. The van der Waals surface area contributed by atoms with E-state index < -0.39 is 36.0 Å². The molecular weight excluding hydrogens is 1480 g/mol. The molecule has 0 aliphatic carbocycles. The number of nitrogens with one attached hydrogen (secondary N) is 1. The fourth-order valence-electron chi connectivity index (χ4n) is 14.6. The third kappa shape index (κ3) is 26.1. The van der Waals surface area contributed by atoms with E-state index in [4.69, 9.17) is 19.3 Å². The standard InChI is InChI=1S/2C28H42N4O4S.C15H25N3.C13H19NO5S/c2*1-21-18-26(36-7)19-22(2)28(21)37(34,35)31(6)15-14-27(33)30(5)20-23-8-10-25(11-9-23)32-16-12-24(13-17-32)29(3)4;1-16-12-13-4-6-15(7-5-13)18-10-8-14(9-11-18)17(2)3;1-9-7-11(19-4)8-10(2)13(9)20(17,18)14(3)6-5-12(15)16/h2*8-11,18-19,24H,12-17,20H2,1-7H3;4-7,14,16H,8-12H2,1-3H3;7-8H,5-6H2,1-4H3,(H,15,16). The number of anilines is 3. The van der Waals surface area contributed by atoms with Crippen LogP contribution in [0.3, 0.4) is 0 Å². The van der Waals surface area contributed by atoms with Crippen LogP contribution in [0.1, 0.15) is 108 Å². The maximum Gasteiger partial charge on any atom is 0.304 e. The first-order chi connectivity index (χ1) is 52.8. The number of carbonyl (C=O) groups excluding carboxylic acids is 2. The number of hydrogen-bond acceptors (Lipinski definition) is 19. The van der Waals surface area contributed by atoms with Crippen LogP contribution in [0.2, 0.25) is 0 Å². The molecule has 0 radical (unpaired) electrons. The lowest BCUT2D eigenvalue weighted by Gasteiger charge is -2.36. The number of nitrogens with zero attached hydrogens (tertiary/aromatic N) is 11. The smallest absolute Gasteiger partial charge is 0.304 e. The number of aliphatic carboxylic acids is 1. The number of sulfonamides is 3. The van der Waals surface area contributed by atoms with Crippen molar-refractivity contribution >= 4 is 64.9 Å². The van der Waals surface area contributed by atoms with Crippen molar-refractivity contribution in [3.8, 4) is 17.2 Å². The second-order valence-corrected chi connectivity index (χ2v) is 36.4. The van der Waals surface area contributed by atoms with Crippen molar-refractivity contribution in [2.75, 3.05) is 180 Å². The Hall–Kier alpha value is -7.90. The molecule has 28 heteroatoms. The highest BCUT2D eigenvalue weighted by Crippen LogP contribution is 2.33. The summed E-state index contributed by atoms with van der Waals surface area (Å²) >= 11 is 0. The number of carboxylic acid groups (broad SMARTS) is 1. The molecule has 3 saturated heterocycles. The van der Waals surface area contributed by atoms with E-state index in [1.807, 2.05) is 7.05 Å². The van der Waals surface area contributed by atoms with Gasteiger partial charge in [0.1, 0.15) is 17.2 Å². The second-order valence-electron chi connectivity index (χ2n) is 30.5. The Labute approximate surface area is 670 Å². The number of amides is 2. The molecule has 3 heterocycles. The predicted molar refractivity (Wildman–Crippen MR) is 450 cm³/mol. The number of ether oxygens (including phenoxy) is 3. The molecule has 0 spiro atoms. The maximum atomic E-state index is 13.2. The second kappa shape index (κ2) is 43.0. The van der Waals surface area contributed by atoms with Gasteiger partial charge in [0, 0.05) is 162 Å². The average Bonchev–Trinajstić information content (AvgIpc) is 0.792. The van der Waals surface area contributed by atoms with Gasteiger partial charge < -0.3 is 63.8 Å². The first kappa shape index (κ1) is 93.0. The van der Waals surface area contributed by atoms with Crippen LogP contribution < -0.4 is 34.2 Å². The zero-order valence-corrected chi connectivity index (χ0v) is 72.9. The van der Waals surface area contributed by atoms with Gasteiger partial charge in [-0.25, -0.2) is 38.2 Å². The van der Waals surface area contributed by atoms with Crippen molar-refractivity contribution in [3.63, 3.8) is 0 Å². The number of carboxylic acids is 1. The highest BCUT2D eigenvalue weighted by Gasteiger charge is 2.31. The molecule has 25 nitrogen and oxygen atoms in total. The average molecular weight is 1610 g/mol. The molecule has 2 amide bonds. The molecule has 0 saturated carbocycles. The largest absolute Gasteiger partial charge is 0.497 e. The van der Waals surface area contributed by atoms with E-state index in [2.05, 4.69) is 150 Å². The molecule has 620 valence electrons. The SMILES string of the molecule is CNCc1ccc(N2CCC(N(C)C)CC2)cc1.COc1cc(C)c(S(=O)(=O)N(C)CCC(=O)N(C)Cc2ccc(N3CCC(N(C)C)CC3)cc2)c(C)c1.COc1cc(C)c(S(=O)(=O)N(C)CCC(=O)N(C)Cc2ccc(N3CCC(N(C)C)CC3)cc2)c(C)c1.COc1cc(C)c(S(=O)(=O)N(C)CCC(=O)O)c(C)c1. The van der Waals surface area contributed by atoms with Crippen LogP contribution in [-0.2, 0) is 64.1 Å². The van der Waals surface area contributed by atoms with Gasteiger partial charge in [0.25, 0.3) is 0 Å². The van der Waals surface area contributed by atoms with Gasteiger partial charge in [0.15, 0.2) is 0 Å². The monoisotopic (exact) mass is 1610 g/mol. The topological polar surface area (TPSA) is 249 Å². The van der Waals surface area contributed by atoms with E-state index in [-0.39, 0.29) is 65.4 Å². The number of piperidine rings is 3. The van der Waals surface area contributed by atoms with Gasteiger partial charge in [0.2, 0.25) is 41.9 Å². The summed E-state index contributed by atoms with van der Waals surface area (Å²) in [5.41, 5.74) is 10.9.